The van der Waals surface area contributed by atoms with Crippen LogP contribution in [-0.4, -0.2) is 47.3 Å². The number of aryl methyl sites for hydroxylation is 2. The Hall–Kier alpha value is -2.34. The molecule has 0 saturated carbocycles. The van der Waals surface area contributed by atoms with Crippen LogP contribution in [0.25, 0.3) is 0 Å². The number of benzene rings is 1. The number of piperazine rings is 1. The van der Waals surface area contributed by atoms with Crippen LogP contribution >= 0.6 is 0 Å². The molecule has 0 bridgehead atoms. The van der Waals surface area contributed by atoms with Gasteiger partial charge in [0, 0.05) is 25.3 Å². The summed E-state index contributed by atoms with van der Waals surface area (Å²) in [5.74, 6) is 0.923. The van der Waals surface area contributed by atoms with E-state index in [0.29, 0.717) is 6.54 Å². The topological polar surface area (TPSA) is 59.4 Å². The van der Waals surface area contributed by atoms with E-state index in [1.165, 1.54) is 0 Å². The highest BCUT2D eigenvalue weighted by Crippen LogP contribution is 2.24. The first-order chi connectivity index (χ1) is 11.6. The molecule has 1 amide bonds. The van der Waals surface area contributed by atoms with Gasteiger partial charge in [-0.25, -0.2) is 0 Å². The first-order valence-electron chi connectivity index (χ1n) is 8.23. The van der Waals surface area contributed by atoms with Crippen LogP contribution in [0.1, 0.15) is 23.0 Å². The molecule has 6 nitrogen and oxygen atoms in total. The van der Waals surface area contributed by atoms with Gasteiger partial charge in [-0.1, -0.05) is 12.1 Å². The van der Waals surface area contributed by atoms with Gasteiger partial charge in [-0.2, -0.15) is 5.10 Å². The minimum absolute atomic E-state index is 0.0362. The molecule has 1 atom stereocenters. The molecule has 0 radical (unpaired) electrons. The van der Waals surface area contributed by atoms with E-state index in [2.05, 4.69) is 10.4 Å². The van der Waals surface area contributed by atoms with Crippen LogP contribution in [0.2, 0.25) is 0 Å². The van der Waals surface area contributed by atoms with Gasteiger partial charge in [0.1, 0.15) is 12.3 Å². The van der Waals surface area contributed by atoms with E-state index < -0.39 is 0 Å². The highest BCUT2D eigenvalue weighted by molar-refractivity contribution is 5.76. The summed E-state index contributed by atoms with van der Waals surface area (Å²) in [5.41, 5.74) is 3.06. The van der Waals surface area contributed by atoms with Crippen LogP contribution in [-0.2, 0) is 11.3 Å². The summed E-state index contributed by atoms with van der Waals surface area (Å²) in [6.45, 7) is 6.48. The number of amides is 1. The van der Waals surface area contributed by atoms with Crippen molar-refractivity contribution in [2.45, 2.75) is 26.4 Å². The third kappa shape index (κ3) is 3.43. The van der Waals surface area contributed by atoms with E-state index in [1.54, 1.807) is 11.8 Å². The quantitative estimate of drug-likeness (QED) is 0.928. The average Bonchev–Trinajstić information content (AvgIpc) is 2.92. The second kappa shape index (κ2) is 7.05. The van der Waals surface area contributed by atoms with Crippen molar-refractivity contribution in [2.24, 2.45) is 0 Å². The first kappa shape index (κ1) is 16.5. The zero-order chi connectivity index (χ0) is 17.1. The van der Waals surface area contributed by atoms with Crippen LogP contribution in [0, 0.1) is 13.8 Å². The Morgan fingerprint density at radius 2 is 2.08 bits per heavy atom. The zero-order valence-corrected chi connectivity index (χ0v) is 14.5. The molecule has 1 aromatic heterocycles. The van der Waals surface area contributed by atoms with Gasteiger partial charge >= 0.3 is 0 Å². The number of carbonyl (C=O) groups excluding carboxylic acids is 1. The van der Waals surface area contributed by atoms with Gasteiger partial charge in [0.15, 0.2) is 0 Å². The molecule has 0 aliphatic carbocycles. The van der Waals surface area contributed by atoms with Crippen molar-refractivity contribution in [3.05, 3.63) is 47.3 Å². The molecular formula is C18H24N4O2. The molecule has 2 heterocycles. The molecule has 1 N–H and O–H groups in total. The summed E-state index contributed by atoms with van der Waals surface area (Å²) in [5, 5.41) is 7.78. The van der Waals surface area contributed by atoms with Gasteiger partial charge in [-0.15, -0.1) is 0 Å². The molecule has 0 spiro atoms. The largest absolute Gasteiger partial charge is 0.497 e. The van der Waals surface area contributed by atoms with E-state index in [1.807, 2.05) is 49.1 Å². The Bertz CT molecular complexity index is 708. The normalized spacial score (nSPS) is 17.8. The van der Waals surface area contributed by atoms with Crippen LogP contribution < -0.4 is 10.1 Å². The number of hydrogen-bond acceptors (Lipinski definition) is 4. The van der Waals surface area contributed by atoms with Gasteiger partial charge in [0.2, 0.25) is 5.91 Å². The van der Waals surface area contributed by atoms with E-state index in [0.717, 1.165) is 35.8 Å². The van der Waals surface area contributed by atoms with Gasteiger partial charge in [-0.05, 0) is 37.6 Å². The number of aromatic nitrogens is 2. The van der Waals surface area contributed by atoms with Crippen LogP contribution in [0.5, 0.6) is 5.75 Å². The van der Waals surface area contributed by atoms with Gasteiger partial charge < -0.3 is 15.0 Å². The van der Waals surface area contributed by atoms with E-state index in [-0.39, 0.29) is 18.5 Å². The molecule has 1 saturated heterocycles. The third-order valence-corrected chi connectivity index (χ3v) is 4.45. The molecule has 2 aromatic rings. The Morgan fingerprint density at radius 1 is 1.33 bits per heavy atom. The maximum absolute atomic E-state index is 12.8. The molecule has 24 heavy (non-hydrogen) atoms. The SMILES string of the molecule is COc1ccc([C@@H]2CNCCN2C(=O)Cn2nc(C)cc2C)cc1. The molecule has 6 heteroatoms. The number of rotatable bonds is 4. The van der Waals surface area contributed by atoms with E-state index in [9.17, 15) is 4.79 Å². The maximum atomic E-state index is 12.8. The lowest BCUT2D eigenvalue weighted by Gasteiger charge is -2.36. The summed E-state index contributed by atoms with van der Waals surface area (Å²) in [7, 11) is 1.65. The number of methoxy groups -OCH3 is 1. The second-order valence-electron chi connectivity index (χ2n) is 6.16. The summed E-state index contributed by atoms with van der Waals surface area (Å²) in [6.07, 6.45) is 0. The molecular weight excluding hydrogens is 304 g/mol. The Labute approximate surface area is 142 Å². The fourth-order valence-corrected chi connectivity index (χ4v) is 3.18. The van der Waals surface area contributed by atoms with E-state index >= 15 is 0 Å². The Morgan fingerprint density at radius 3 is 2.71 bits per heavy atom. The summed E-state index contributed by atoms with van der Waals surface area (Å²) in [6, 6.07) is 9.96. The van der Waals surface area contributed by atoms with Gasteiger partial charge in [0.05, 0.1) is 18.8 Å². The molecule has 3 rings (SSSR count). The van der Waals surface area contributed by atoms with Crippen molar-refractivity contribution in [3.8, 4) is 5.75 Å². The van der Waals surface area contributed by atoms with Gasteiger partial charge in [0.25, 0.3) is 0 Å². The molecule has 0 unspecified atom stereocenters. The van der Waals surface area contributed by atoms with Crippen LogP contribution in [0.4, 0.5) is 0 Å². The maximum Gasteiger partial charge on any atom is 0.244 e. The lowest BCUT2D eigenvalue weighted by atomic mass is 10.0. The molecule has 1 aliphatic heterocycles. The molecule has 1 fully saturated rings. The van der Waals surface area contributed by atoms with Crippen molar-refractivity contribution in [1.82, 2.24) is 20.0 Å². The summed E-state index contributed by atoms with van der Waals surface area (Å²) in [4.78, 5) is 14.8. The Kier molecular flexibility index (Phi) is 4.85. The highest BCUT2D eigenvalue weighted by atomic mass is 16.5. The number of nitrogens with one attached hydrogen (secondary N) is 1. The monoisotopic (exact) mass is 328 g/mol. The Balaban J connectivity index is 1.78. The van der Waals surface area contributed by atoms with Gasteiger partial charge in [-0.3, -0.25) is 9.48 Å². The van der Waals surface area contributed by atoms with E-state index in [4.69, 9.17) is 4.74 Å². The zero-order valence-electron chi connectivity index (χ0n) is 14.5. The lowest BCUT2D eigenvalue weighted by molar-refractivity contribution is -0.135. The number of ether oxygens (including phenoxy) is 1. The van der Waals surface area contributed by atoms with Crippen molar-refractivity contribution in [1.29, 1.82) is 0 Å². The lowest BCUT2D eigenvalue weighted by Crippen LogP contribution is -2.49. The van der Waals surface area contributed by atoms with Crippen LogP contribution in [0.3, 0.4) is 0 Å². The van der Waals surface area contributed by atoms with Crippen molar-refractivity contribution in [2.75, 3.05) is 26.7 Å². The minimum atomic E-state index is 0.0362. The minimum Gasteiger partial charge on any atom is -0.497 e. The van der Waals surface area contributed by atoms with Crippen molar-refractivity contribution >= 4 is 5.91 Å². The third-order valence-electron chi connectivity index (χ3n) is 4.45. The van der Waals surface area contributed by atoms with Crippen molar-refractivity contribution < 1.29 is 9.53 Å². The first-order valence-corrected chi connectivity index (χ1v) is 8.23. The number of hydrogen-bond donors (Lipinski definition) is 1. The molecule has 1 aliphatic rings. The molecule has 1 aromatic carbocycles. The standard InChI is InChI=1S/C18H24N4O2/c1-13-10-14(2)22(20-13)12-18(23)21-9-8-19-11-17(21)15-4-6-16(24-3)7-5-15/h4-7,10,17,19H,8-9,11-12H2,1-3H3/t17-/m0/s1. The fraction of sp³-hybridized carbons (Fsp3) is 0.444. The van der Waals surface area contributed by atoms with Crippen LogP contribution in [0.15, 0.2) is 30.3 Å². The smallest absolute Gasteiger partial charge is 0.244 e. The van der Waals surface area contributed by atoms with Crippen molar-refractivity contribution in [3.63, 3.8) is 0 Å². The summed E-state index contributed by atoms with van der Waals surface area (Å²) < 4.78 is 7.00. The number of nitrogens with zero attached hydrogens (tertiary/aromatic N) is 3. The predicted molar refractivity (Wildman–Crippen MR) is 92.0 cm³/mol. The number of carbonyl (C=O) groups is 1. The molecule has 128 valence electrons. The highest BCUT2D eigenvalue weighted by Gasteiger charge is 2.28. The fourth-order valence-electron chi connectivity index (χ4n) is 3.18. The average molecular weight is 328 g/mol. The second-order valence-corrected chi connectivity index (χ2v) is 6.16. The summed E-state index contributed by atoms with van der Waals surface area (Å²) >= 11 is 0. The predicted octanol–water partition coefficient (Wildman–Crippen LogP) is 1.68.